The SMILES string of the molecule is CCOC(=O)C=Cc1ccc(C=Cc2nc(-c3ccco3)oc2C)cc1. The van der Waals surface area contributed by atoms with Gasteiger partial charge in [0.15, 0.2) is 5.76 Å². The van der Waals surface area contributed by atoms with Crippen LogP contribution in [0.15, 0.2) is 57.6 Å². The predicted octanol–water partition coefficient (Wildman–Crippen LogP) is 4.99. The maximum atomic E-state index is 11.3. The summed E-state index contributed by atoms with van der Waals surface area (Å²) in [5.74, 6) is 1.45. The van der Waals surface area contributed by atoms with Crippen LogP contribution >= 0.6 is 0 Å². The fourth-order valence-corrected chi connectivity index (χ4v) is 2.32. The molecule has 0 aliphatic carbocycles. The van der Waals surface area contributed by atoms with E-state index >= 15 is 0 Å². The molecule has 2 aromatic heterocycles. The van der Waals surface area contributed by atoms with Gasteiger partial charge in [0.05, 0.1) is 12.9 Å². The minimum Gasteiger partial charge on any atom is -0.463 e. The molecule has 0 spiro atoms. The number of carbonyl (C=O) groups excluding carboxylic acids is 1. The molecule has 0 fully saturated rings. The van der Waals surface area contributed by atoms with Crippen LogP contribution in [0.1, 0.15) is 29.5 Å². The monoisotopic (exact) mass is 349 g/mol. The van der Waals surface area contributed by atoms with Crippen molar-refractivity contribution in [3.05, 3.63) is 71.3 Å². The van der Waals surface area contributed by atoms with Crippen LogP contribution in [0.3, 0.4) is 0 Å². The van der Waals surface area contributed by atoms with Crippen molar-refractivity contribution in [1.82, 2.24) is 4.98 Å². The van der Waals surface area contributed by atoms with Gasteiger partial charge in [0.25, 0.3) is 5.89 Å². The van der Waals surface area contributed by atoms with E-state index in [1.54, 1.807) is 31.4 Å². The van der Waals surface area contributed by atoms with E-state index in [1.807, 2.05) is 43.3 Å². The third-order valence-electron chi connectivity index (χ3n) is 3.63. The van der Waals surface area contributed by atoms with E-state index in [4.69, 9.17) is 13.6 Å². The van der Waals surface area contributed by atoms with Crippen molar-refractivity contribution >= 4 is 24.2 Å². The Morgan fingerprint density at radius 1 is 1.12 bits per heavy atom. The largest absolute Gasteiger partial charge is 0.463 e. The van der Waals surface area contributed by atoms with Crippen LogP contribution in [0.2, 0.25) is 0 Å². The number of esters is 1. The topological polar surface area (TPSA) is 65.5 Å². The normalized spacial score (nSPS) is 11.5. The van der Waals surface area contributed by atoms with Crippen LogP contribution in [0, 0.1) is 6.92 Å². The zero-order chi connectivity index (χ0) is 18.4. The smallest absolute Gasteiger partial charge is 0.330 e. The lowest BCUT2D eigenvalue weighted by Gasteiger charge is -1.97. The molecule has 1 aromatic carbocycles. The summed E-state index contributed by atoms with van der Waals surface area (Å²) in [6, 6.07) is 11.4. The summed E-state index contributed by atoms with van der Waals surface area (Å²) in [5, 5.41) is 0. The fraction of sp³-hybridized carbons (Fsp3) is 0.143. The second kappa shape index (κ2) is 8.16. The number of furan rings is 1. The van der Waals surface area contributed by atoms with E-state index < -0.39 is 0 Å². The van der Waals surface area contributed by atoms with Crippen LogP contribution in [-0.2, 0) is 9.53 Å². The van der Waals surface area contributed by atoms with E-state index in [2.05, 4.69) is 4.98 Å². The van der Waals surface area contributed by atoms with Gasteiger partial charge in [-0.2, -0.15) is 0 Å². The Hall–Kier alpha value is -3.34. The van der Waals surface area contributed by atoms with E-state index in [-0.39, 0.29) is 5.97 Å². The number of rotatable bonds is 6. The zero-order valence-electron chi connectivity index (χ0n) is 14.6. The molecule has 5 nitrogen and oxygen atoms in total. The summed E-state index contributed by atoms with van der Waals surface area (Å²) in [7, 11) is 0. The van der Waals surface area contributed by atoms with Gasteiger partial charge in [-0.3, -0.25) is 0 Å². The average molecular weight is 349 g/mol. The van der Waals surface area contributed by atoms with Crippen molar-refractivity contribution in [2.45, 2.75) is 13.8 Å². The van der Waals surface area contributed by atoms with E-state index in [0.29, 0.717) is 18.3 Å². The number of benzene rings is 1. The number of ether oxygens (including phenoxy) is 1. The Labute approximate surface area is 151 Å². The Bertz CT molecular complexity index is 916. The molecule has 0 unspecified atom stereocenters. The first kappa shape index (κ1) is 17.5. The minimum atomic E-state index is -0.342. The lowest BCUT2D eigenvalue weighted by Crippen LogP contribution is -1.98. The molecular formula is C21H19NO4. The van der Waals surface area contributed by atoms with Crippen molar-refractivity contribution < 1.29 is 18.4 Å². The molecule has 0 N–H and O–H groups in total. The minimum absolute atomic E-state index is 0.342. The van der Waals surface area contributed by atoms with Gasteiger partial charge in [0.1, 0.15) is 11.5 Å². The van der Waals surface area contributed by atoms with E-state index in [0.717, 1.165) is 22.6 Å². The number of nitrogens with zero attached hydrogens (tertiary/aromatic N) is 1. The summed E-state index contributed by atoms with van der Waals surface area (Å²) in [4.78, 5) is 15.8. The summed E-state index contributed by atoms with van der Waals surface area (Å²) < 4.78 is 15.8. The van der Waals surface area contributed by atoms with Crippen molar-refractivity contribution in [2.75, 3.05) is 6.61 Å². The number of aryl methyl sites for hydroxylation is 1. The highest BCUT2D eigenvalue weighted by molar-refractivity contribution is 5.87. The molecule has 0 aliphatic rings. The first-order valence-electron chi connectivity index (χ1n) is 8.30. The van der Waals surface area contributed by atoms with E-state index in [1.165, 1.54) is 6.08 Å². The van der Waals surface area contributed by atoms with Crippen LogP contribution in [0.25, 0.3) is 29.9 Å². The van der Waals surface area contributed by atoms with Crippen molar-refractivity contribution in [3.8, 4) is 11.7 Å². The molecule has 0 bridgehead atoms. The molecule has 0 radical (unpaired) electrons. The highest BCUT2D eigenvalue weighted by Crippen LogP contribution is 2.23. The van der Waals surface area contributed by atoms with Gasteiger partial charge < -0.3 is 13.6 Å². The second-order valence-corrected chi connectivity index (χ2v) is 5.52. The van der Waals surface area contributed by atoms with Crippen molar-refractivity contribution in [2.24, 2.45) is 0 Å². The average Bonchev–Trinajstić information content (AvgIpc) is 3.29. The summed E-state index contributed by atoms with van der Waals surface area (Å²) >= 11 is 0. The second-order valence-electron chi connectivity index (χ2n) is 5.52. The molecule has 0 saturated heterocycles. The molecule has 3 rings (SSSR count). The van der Waals surface area contributed by atoms with E-state index in [9.17, 15) is 4.79 Å². The van der Waals surface area contributed by atoms with Gasteiger partial charge in [-0.15, -0.1) is 0 Å². The third kappa shape index (κ3) is 4.39. The van der Waals surface area contributed by atoms with Crippen molar-refractivity contribution in [1.29, 1.82) is 0 Å². The molecule has 26 heavy (non-hydrogen) atoms. The highest BCUT2D eigenvalue weighted by atomic mass is 16.5. The first-order chi connectivity index (χ1) is 12.7. The van der Waals surface area contributed by atoms with Gasteiger partial charge in [-0.25, -0.2) is 9.78 Å². The Morgan fingerprint density at radius 2 is 1.85 bits per heavy atom. The van der Waals surface area contributed by atoms with Gasteiger partial charge in [-0.1, -0.05) is 30.3 Å². The third-order valence-corrected chi connectivity index (χ3v) is 3.63. The zero-order valence-corrected chi connectivity index (χ0v) is 14.6. The van der Waals surface area contributed by atoms with Crippen LogP contribution < -0.4 is 0 Å². The maximum absolute atomic E-state index is 11.3. The number of carbonyl (C=O) groups is 1. The summed E-state index contributed by atoms with van der Waals surface area (Å²) in [5.41, 5.74) is 2.69. The molecule has 0 amide bonds. The van der Waals surface area contributed by atoms with Gasteiger partial charge in [0, 0.05) is 6.08 Å². The number of oxazole rings is 1. The Kier molecular flexibility index (Phi) is 5.49. The quantitative estimate of drug-likeness (QED) is 0.463. The molecular weight excluding hydrogens is 330 g/mol. The maximum Gasteiger partial charge on any atom is 0.330 e. The fourth-order valence-electron chi connectivity index (χ4n) is 2.32. The molecule has 3 aromatic rings. The molecule has 132 valence electrons. The number of hydrogen-bond acceptors (Lipinski definition) is 5. The number of hydrogen-bond donors (Lipinski definition) is 0. The predicted molar refractivity (Wildman–Crippen MR) is 100.0 cm³/mol. The van der Waals surface area contributed by atoms with Crippen molar-refractivity contribution in [3.63, 3.8) is 0 Å². The Morgan fingerprint density at radius 3 is 2.50 bits per heavy atom. The lowest BCUT2D eigenvalue weighted by atomic mass is 10.1. The highest BCUT2D eigenvalue weighted by Gasteiger charge is 2.11. The number of aromatic nitrogens is 1. The molecule has 0 aliphatic heterocycles. The van der Waals surface area contributed by atoms with Crippen LogP contribution in [0.5, 0.6) is 0 Å². The lowest BCUT2D eigenvalue weighted by molar-refractivity contribution is -0.137. The molecule has 5 heteroatoms. The van der Waals surface area contributed by atoms with Gasteiger partial charge in [0.2, 0.25) is 0 Å². The first-order valence-corrected chi connectivity index (χ1v) is 8.30. The summed E-state index contributed by atoms with van der Waals surface area (Å²) in [6.07, 6.45) is 8.58. The van der Waals surface area contributed by atoms with Gasteiger partial charge in [-0.05, 0) is 49.3 Å². The standard InChI is InChI=1S/C21H19NO4/c1-3-24-20(23)13-11-17-8-6-16(7-9-17)10-12-18-15(2)26-21(22-18)19-5-4-14-25-19/h4-14H,3H2,1-2H3. The van der Waals surface area contributed by atoms with Crippen LogP contribution in [0.4, 0.5) is 0 Å². The Balaban J connectivity index is 1.68. The van der Waals surface area contributed by atoms with Gasteiger partial charge >= 0.3 is 5.97 Å². The molecule has 2 heterocycles. The van der Waals surface area contributed by atoms with Crippen LogP contribution in [-0.4, -0.2) is 17.6 Å². The molecule has 0 saturated carbocycles. The summed E-state index contributed by atoms with van der Waals surface area (Å²) in [6.45, 7) is 4.01. The molecule has 0 atom stereocenters.